The quantitative estimate of drug-likeness (QED) is 0.770. The molecule has 3 heterocycles. The van der Waals surface area contributed by atoms with Crippen molar-refractivity contribution in [3.8, 4) is 5.69 Å². The van der Waals surface area contributed by atoms with Crippen LogP contribution in [0.25, 0.3) is 5.69 Å². The predicted molar refractivity (Wildman–Crippen MR) is 94.5 cm³/mol. The van der Waals surface area contributed by atoms with Crippen molar-refractivity contribution in [2.24, 2.45) is 0 Å². The van der Waals surface area contributed by atoms with E-state index in [4.69, 9.17) is 0 Å². The number of likely N-dealkylation sites (tertiary alicyclic amines) is 1. The maximum absolute atomic E-state index is 12.8. The molecular formula is C18H20N6O. The number of urea groups is 1. The molecule has 3 aromatic rings. The third kappa shape index (κ3) is 3.26. The number of hydrogen-bond acceptors (Lipinski definition) is 3. The van der Waals surface area contributed by atoms with Gasteiger partial charge in [0.25, 0.3) is 0 Å². The van der Waals surface area contributed by atoms with Crippen molar-refractivity contribution in [3.05, 3.63) is 60.9 Å². The third-order valence-electron chi connectivity index (χ3n) is 4.47. The van der Waals surface area contributed by atoms with E-state index < -0.39 is 0 Å². The lowest BCUT2D eigenvalue weighted by Crippen LogP contribution is -2.41. The number of nitrogens with one attached hydrogen (secondary N) is 2. The van der Waals surface area contributed by atoms with Gasteiger partial charge >= 0.3 is 6.03 Å². The molecule has 1 atom stereocenters. The van der Waals surface area contributed by atoms with Gasteiger partial charge in [-0.15, -0.1) is 0 Å². The van der Waals surface area contributed by atoms with Crippen molar-refractivity contribution >= 4 is 11.7 Å². The monoisotopic (exact) mass is 336 g/mol. The lowest BCUT2D eigenvalue weighted by atomic mass is 10.0. The number of H-pyrrole nitrogens is 1. The van der Waals surface area contributed by atoms with Gasteiger partial charge in [-0.05, 0) is 43.5 Å². The zero-order valence-electron chi connectivity index (χ0n) is 13.8. The standard InChI is InChI=1S/C18H20N6O/c25-18(23-11-2-1-7-16(23)17-19-9-10-20-17)22-14-5-3-6-15(13-14)24-12-4-8-21-24/h3-6,8-10,12-13,16H,1-2,7,11H2,(H,19,20)(H,22,25). The SMILES string of the molecule is O=C(Nc1cccc(-n2cccn2)c1)N1CCCCC1c1ncc[nH]1. The highest BCUT2D eigenvalue weighted by Crippen LogP contribution is 2.29. The van der Waals surface area contributed by atoms with Gasteiger partial charge in [-0.2, -0.15) is 5.10 Å². The molecule has 1 unspecified atom stereocenters. The van der Waals surface area contributed by atoms with Crippen LogP contribution in [0.3, 0.4) is 0 Å². The lowest BCUT2D eigenvalue weighted by Gasteiger charge is -2.34. The molecule has 2 aromatic heterocycles. The van der Waals surface area contributed by atoms with E-state index in [9.17, 15) is 4.79 Å². The van der Waals surface area contributed by atoms with E-state index in [1.807, 2.05) is 41.4 Å². The highest BCUT2D eigenvalue weighted by Gasteiger charge is 2.29. The molecule has 1 aliphatic heterocycles. The Kier molecular flexibility index (Phi) is 4.20. The number of aromatic nitrogens is 4. The van der Waals surface area contributed by atoms with Crippen molar-refractivity contribution < 1.29 is 4.79 Å². The number of rotatable bonds is 3. The van der Waals surface area contributed by atoms with Gasteiger partial charge in [0.15, 0.2) is 0 Å². The molecule has 0 aliphatic carbocycles. The number of benzene rings is 1. The van der Waals surface area contributed by atoms with Crippen LogP contribution in [0, 0.1) is 0 Å². The van der Waals surface area contributed by atoms with E-state index in [1.165, 1.54) is 0 Å². The summed E-state index contributed by atoms with van der Waals surface area (Å²) < 4.78 is 1.77. The first-order chi connectivity index (χ1) is 12.3. The van der Waals surface area contributed by atoms with Gasteiger partial charge in [0.1, 0.15) is 5.82 Å². The van der Waals surface area contributed by atoms with Gasteiger partial charge in [-0.1, -0.05) is 6.07 Å². The number of carbonyl (C=O) groups is 1. The molecule has 0 saturated carbocycles. The Morgan fingerprint density at radius 1 is 1.24 bits per heavy atom. The Morgan fingerprint density at radius 2 is 2.20 bits per heavy atom. The van der Waals surface area contributed by atoms with Crippen LogP contribution in [-0.2, 0) is 0 Å². The van der Waals surface area contributed by atoms with Crippen molar-refractivity contribution in [2.75, 3.05) is 11.9 Å². The van der Waals surface area contributed by atoms with Gasteiger partial charge in [0, 0.05) is 37.0 Å². The fraction of sp³-hybridized carbons (Fsp3) is 0.278. The van der Waals surface area contributed by atoms with Crippen LogP contribution in [0.4, 0.5) is 10.5 Å². The predicted octanol–water partition coefficient (Wildman–Crippen LogP) is 3.35. The number of imidazole rings is 1. The fourth-order valence-electron chi connectivity index (χ4n) is 3.26. The zero-order valence-corrected chi connectivity index (χ0v) is 13.8. The number of anilines is 1. The van der Waals surface area contributed by atoms with Crippen LogP contribution in [0.15, 0.2) is 55.1 Å². The fourth-order valence-corrected chi connectivity index (χ4v) is 3.26. The summed E-state index contributed by atoms with van der Waals surface area (Å²) in [6.45, 7) is 0.732. The molecule has 25 heavy (non-hydrogen) atoms. The molecule has 1 aromatic carbocycles. The summed E-state index contributed by atoms with van der Waals surface area (Å²) in [6, 6.07) is 9.43. The zero-order chi connectivity index (χ0) is 17.1. The average Bonchev–Trinajstić information content (AvgIpc) is 3.36. The minimum atomic E-state index is -0.0984. The Balaban J connectivity index is 1.52. The van der Waals surface area contributed by atoms with Gasteiger partial charge in [0.2, 0.25) is 0 Å². The van der Waals surface area contributed by atoms with E-state index in [2.05, 4.69) is 20.4 Å². The Bertz CT molecular complexity index is 827. The Hall–Kier alpha value is -3.09. The molecule has 0 radical (unpaired) electrons. The van der Waals surface area contributed by atoms with Gasteiger partial charge in [0.05, 0.1) is 11.7 Å². The summed E-state index contributed by atoms with van der Waals surface area (Å²) in [4.78, 5) is 22.2. The van der Waals surface area contributed by atoms with E-state index in [0.29, 0.717) is 0 Å². The molecule has 0 bridgehead atoms. The van der Waals surface area contributed by atoms with Crippen LogP contribution in [0.2, 0.25) is 0 Å². The summed E-state index contributed by atoms with van der Waals surface area (Å²) in [5, 5.41) is 7.23. The molecule has 1 aliphatic rings. The second-order valence-electron chi connectivity index (χ2n) is 6.11. The Labute approximate surface area is 145 Å². The van der Waals surface area contributed by atoms with Crippen LogP contribution < -0.4 is 5.32 Å². The highest BCUT2D eigenvalue weighted by atomic mass is 16.2. The van der Waals surface area contributed by atoms with Crippen LogP contribution in [0.1, 0.15) is 31.1 Å². The molecular weight excluding hydrogens is 316 g/mol. The number of nitrogens with zero attached hydrogens (tertiary/aromatic N) is 4. The summed E-state index contributed by atoms with van der Waals surface area (Å²) in [5.74, 6) is 0.847. The average molecular weight is 336 g/mol. The van der Waals surface area contributed by atoms with E-state index in [-0.39, 0.29) is 12.1 Å². The maximum atomic E-state index is 12.8. The topological polar surface area (TPSA) is 78.8 Å². The molecule has 1 fully saturated rings. The number of aromatic amines is 1. The van der Waals surface area contributed by atoms with Gasteiger partial charge in [-0.25, -0.2) is 14.5 Å². The Morgan fingerprint density at radius 3 is 3.00 bits per heavy atom. The van der Waals surface area contributed by atoms with Crippen molar-refractivity contribution in [3.63, 3.8) is 0 Å². The lowest BCUT2D eigenvalue weighted by molar-refractivity contribution is 0.160. The molecule has 128 valence electrons. The van der Waals surface area contributed by atoms with Crippen LogP contribution in [0.5, 0.6) is 0 Å². The first-order valence-electron chi connectivity index (χ1n) is 8.48. The van der Waals surface area contributed by atoms with Gasteiger partial charge < -0.3 is 15.2 Å². The first kappa shape index (κ1) is 15.4. The summed E-state index contributed by atoms with van der Waals surface area (Å²) in [6.07, 6.45) is 10.2. The molecule has 0 spiro atoms. The molecule has 7 heteroatoms. The van der Waals surface area contributed by atoms with Crippen molar-refractivity contribution in [2.45, 2.75) is 25.3 Å². The summed E-state index contributed by atoms with van der Waals surface area (Å²) in [7, 11) is 0. The van der Waals surface area contributed by atoms with Gasteiger partial charge in [-0.3, -0.25) is 0 Å². The number of carbonyl (C=O) groups excluding carboxylic acids is 1. The number of amides is 2. The minimum absolute atomic E-state index is 0.00181. The molecule has 4 rings (SSSR count). The smallest absolute Gasteiger partial charge is 0.322 e. The molecule has 7 nitrogen and oxygen atoms in total. The second-order valence-corrected chi connectivity index (χ2v) is 6.11. The van der Waals surface area contributed by atoms with Crippen LogP contribution >= 0.6 is 0 Å². The molecule has 1 saturated heterocycles. The highest BCUT2D eigenvalue weighted by molar-refractivity contribution is 5.90. The maximum Gasteiger partial charge on any atom is 0.322 e. The summed E-state index contributed by atoms with van der Waals surface area (Å²) >= 11 is 0. The minimum Gasteiger partial charge on any atom is -0.347 e. The number of hydrogen-bond donors (Lipinski definition) is 2. The second kappa shape index (κ2) is 6.80. The van der Waals surface area contributed by atoms with E-state index in [1.54, 1.807) is 23.3 Å². The van der Waals surface area contributed by atoms with E-state index in [0.717, 1.165) is 43.0 Å². The van der Waals surface area contributed by atoms with Crippen LogP contribution in [-0.4, -0.2) is 37.2 Å². The summed E-state index contributed by atoms with van der Waals surface area (Å²) in [5.41, 5.74) is 1.66. The van der Waals surface area contributed by atoms with Crippen molar-refractivity contribution in [1.82, 2.24) is 24.6 Å². The van der Waals surface area contributed by atoms with Crippen molar-refractivity contribution in [1.29, 1.82) is 0 Å². The largest absolute Gasteiger partial charge is 0.347 e. The normalized spacial score (nSPS) is 17.4. The number of piperidine rings is 1. The third-order valence-corrected chi connectivity index (χ3v) is 4.47. The molecule has 2 amide bonds. The first-order valence-corrected chi connectivity index (χ1v) is 8.48. The van der Waals surface area contributed by atoms with E-state index >= 15 is 0 Å². The molecule has 2 N–H and O–H groups in total.